The van der Waals surface area contributed by atoms with E-state index in [1.165, 1.54) is 0 Å². The highest BCUT2D eigenvalue weighted by Gasteiger charge is 2.17. The summed E-state index contributed by atoms with van der Waals surface area (Å²) in [6.07, 6.45) is -0.428. The lowest BCUT2D eigenvalue weighted by atomic mass is 10.1. The first-order valence-corrected chi connectivity index (χ1v) is 7.51. The summed E-state index contributed by atoms with van der Waals surface area (Å²) < 4.78 is 5.60. The minimum Gasteiger partial charge on any atom is -0.489 e. The number of piperazine rings is 1. The SMILES string of the molecule is CC(C)Oc1ccc(C(O)CN2CCNCC2)cc1Cl. The molecule has 0 amide bonds. The molecular formula is C15H23ClN2O2. The van der Waals surface area contributed by atoms with Gasteiger partial charge in [-0.25, -0.2) is 0 Å². The lowest BCUT2D eigenvalue weighted by molar-refractivity contribution is 0.105. The third-order valence-corrected chi connectivity index (χ3v) is 3.64. The van der Waals surface area contributed by atoms with E-state index in [0.717, 1.165) is 31.7 Å². The van der Waals surface area contributed by atoms with Crippen LogP contribution in [0.25, 0.3) is 0 Å². The van der Waals surface area contributed by atoms with Gasteiger partial charge in [0.25, 0.3) is 0 Å². The smallest absolute Gasteiger partial charge is 0.138 e. The van der Waals surface area contributed by atoms with Crippen LogP contribution < -0.4 is 10.1 Å². The highest BCUT2D eigenvalue weighted by molar-refractivity contribution is 6.32. The van der Waals surface area contributed by atoms with Gasteiger partial charge < -0.3 is 15.2 Å². The average Bonchev–Trinajstić information content (AvgIpc) is 2.41. The summed E-state index contributed by atoms with van der Waals surface area (Å²) in [5, 5.41) is 14.2. The van der Waals surface area contributed by atoms with E-state index in [0.29, 0.717) is 17.3 Å². The number of ether oxygens (including phenoxy) is 1. The molecule has 0 radical (unpaired) electrons. The highest BCUT2D eigenvalue weighted by atomic mass is 35.5. The lowest BCUT2D eigenvalue weighted by Gasteiger charge is -2.29. The Kier molecular flexibility index (Phi) is 5.66. The van der Waals surface area contributed by atoms with E-state index in [1.54, 1.807) is 6.07 Å². The summed E-state index contributed by atoms with van der Waals surface area (Å²) in [6.45, 7) is 8.47. The Morgan fingerprint density at radius 3 is 2.65 bits per heavy atom. The standard InChI is InChI=1S/C15H23ClN2O2/c1-11(2)20-15-4-3-12(9-13(15)16)14(19)10-18-7-5-17-6-8-18/h3-4,9,11,14,17,19H,5-8,10H2,1-2H3. The number of nitrogens with one attached hydrogen (secondary N) is 1. The zero-order valence-corrected chi connectivity index (χ0v) is 12.9. The summed E-state index contributed by atoms with van der Waals surface area (Å²) in [6, 6.07) is 5.52. The second kappa shape index (κ2) is 7.27. The summed E-state index contributed by atoms with van der Waals surface area (Å²) in [5.41, 5.74) is 0.838. The van der Waals surface area contributed by atoms with Crippen molar-refractivity contribution in [1.29, 1.82) is 0 Å². The maximum atomic E-state index is 10.3. The number of hydrogen-bond acceptors (Lipinski definition) is 4. The van der Waals surface area contributed by atoms with Crippen molar-refractivity contribution in [1.82, 2.24) is 10.2 Å². The summed E-state index contributed by atoms with van der Waals surface area (Å²) in [5.74, 6) is 0.666. The number of β-amino-alcohol motifs (C(OH)–C–C–N with tert-alkyl or cyclic N) is 1. The number of hydrogen-bond donors (Lipinski definition) is 2. The van der Waals surface area contributed by atoms with E-state index in [4.69, 9.17) is 16.3 Å². The molecule has 1 aliphatic heterocycles. The van der Waals surface area contributed by atoms with E-state index >= 15 is 0 Å². The van der Waals surface area contributed by atoms with Crippen LogP contribution in [0.15, 0.2) is 18.2 Å². The maximum absolute atomic E-state index is 10.3. The molecule has 2 N–H and O–H groups in total. The zero-order valence-electron chi connectivity index (χ0n) is 12.1. The number of benzene rings is 1. The Bertz CT molecular complexity index is 434. The molecule has 1 aliphatic rings. The van der Waals surface area contributed by atoms with Gasteiger partial charge in [-0.1, -0.05) is 17.7 Å². The molecule has 0 bridgehead atoms. The van der Waals surface area contributed by atoms with Crippen molar-refractivity contribution in [3.63, 3.8) is 0 Å². The molecule has 20 heavy (non-hydrogen) atoms. The summed E-state index contributed by atoms with van der Waals surface area (Å²) in [4.78, 5) is 2.26. The van der Waals surface area contributed by atoms with Crippen LogP contribution >= 0.6 is 11.6 Å². The van der Waals surface area contributed by atoms with E-state index in [1.807, 2.05) is 26.0 Å². The predicted molar refractivity (Wildman–Crippen MR) is 81.5 cm³/mol. The Morgan fingerprint density at radius 2 is 2.05 bits per heavy atom. The van der Waals surface area contributed by atoms with Crippen LogP contribution in [0.3, 0.4) is 0 Å². The molecule has 0 saturated carbocycles. The van der Waals surface area contributed by atoms with Gasteiger partial charge in [-0.2, -0.15) is 0 Å². The molecule has 112 valence electrons. The monoisotopic (exact) mass is 298 g/mol. The van der Waals surface area contributed by atoms with Crippen LogP contribution in [-0.2, 0) is 0 Å². The van der Waals surface area contributed by atoms with Gasteiger partial charge in [-0.15, -0.1) is 0 Å². The van der Waals surface area contributed by atoms with Gasteiger partial charge in [0.1, 0.15) is 5.75 Å². The van der Waals surface area contributed by atoms with E-state index in [9.17, 15) is 5.11 Å². The van der Waals surface area contributed by atoms with Crippen LogP contribution in [0.1, 0.15) is 25.5 Å². The van der Waals surface area contributed by atoms with Gasteiger partial charge in [-0.3, -0.25) is 4.90 Å². The predicted octanol–water partition coefficient (Wildman–Crippen LogP) is 2.07. The Hall–Kier alpha value is -0.810. The summed E-state index contributed by atoms with van der Waals surface area (Å²) in [7, 11) is 0. The first-order valence-electron chi connectivity index (χ1n) is 7.13. The molecule has 2 rings (SSSR count). The van der Waals surface area contributed by atoms with Gasteiger partial charge in [0, 0.05) is 32.7 Å². The first-order chi connectivity index (χ1) is 9.56. The van der Waals surface area contributed by atoms with Gasteiger partial charge in [0.2, 0.25) is 0 Å². The van der Waals surface area contributed by atoms with Gasteiger partial charge in [-0.05, 0) is 31.5 Å². The molecule has 4 nitrogen and oxygen atoms in total. The van der Waals surface area contributed by atoms with Crippen LogP contribution in [0.5, 0.6) is 5.75 Å². The first kappa shape index (κ1) is 15.6. The topological polar surface area (TPSA) is 44.7 Å². The second-order valence-corrected chi connectivity index (χ2v) is 5.83. The molecule has 1 heterocycles. The van der Waals surface area contributed by atoms with Crippen molar-refractivity contribution in [2.24, 2.45) is 0 Å². The molecule has 0 aliphatic carbocycles. The van der Waals surface area contributed by atoms with Gasteiger partial charge >= 0.3 is 0 Å². The number of nitrogens with zero attached hydrogens (tertiary/aromatic N) is 1. The Labute approximate surface area is 125 Å². The highest BCUT2D eigenvalue weighted by Crippen LogP contribution is 2.29. The van der Waals surface area contributed by atoms with Gasteiger partial charge in [0.15, 0.2) is 0 Å². The quantitative estimate of drug-likeness (QED) is 0.873. The lowest BCUT2D eigenvalue weighted by Crippen LogP contribution is -2.44. The second-order valence-electron chi connectivity index (χ2n) is 5.42. The van der Waals surface area contributed by atoms with Crippen molar-refractivity contribution in [2.75, 3.05) is 32.7 Å². The van der Waals surface area contributed by atoms with E-state index in [2.05, 4.69) is 10.2 Å². The molecule has 1 aromatic carbocycles. The minimum absolute atomic E-state index is 0.0872. The summed E-state index contributed by atoms with van der Waals surface area (Å²) >= 11 is 6.20. The fourth-order valence-electron chi connectivity index (χ4n) is 2.32. The Morgan fingerprint density at radius 1 is 1.35 bits per heavy atom. The maximum Gasteiger partial charge on any atom is 0.138 e. The average molecular weight is 299 g/mol. The molecular weight excluding hydrogens is 276 g/mol. The fraction of sp³-hybridized carbons (Fsp3) is 0.600. The van der Waals surface area contributed by atoms with Crippen molar-refractivity contribution in [3.8, 4) is 5.75 Å². The number of aliphatic hydroxyl groups is 1. The number of rotatable bonds is 5. The minimum atomic E-state index is -0.515. The molecule has 5 heteroatoms. The molecule has 1 aromatic rings. The number of aliphatic hydroxyl groups excluding tert-OH is 1. The number of halogens is 1. The molecule has 1 saturated heterocycles. The van der Waals surface area contributed by atoms with Crippen molar-refractivity contribution < 1.29 is 9.84 Å². The zero-order chi connectivity index (χ0) is 14.5. The van der Waals surface area contributed by atoms with Crippen LogP contribution in [0.2, 0.25) is 5.02 Å². The van der Waals surface area contributed by atoms with Crippen molar-refractivity contribution >= 4 is 11.6 Å². The largest absolute Gasteiger partial charge is 0.489 e. The third kappa shape index (κ3) is 4.35. The van der Waals surface area contributed by atoms with Crippen LogP contribution in [-0.4, -0.2) is 48.8 Å². The van der Waals surface area contributed by atoms with Crippen molar-refractivity contribution in [3.05, 3.63) is 28.8 Å². The van der Waals surface area contributed by atoms with E-state index < -0.39 is 6.10 Å². The van der Waals surface area contributed by atoms with Gasteiger partial charge in [0.05, 0.1) is 17.2 Å². The molecule has 0 spiro atoms. The third-order valence-electron chi connectivity index (χ3n) is 3.34. The van der Waals surface area contributed by atoms with E-state index in [-0.39, 0.29) is 6.10 Å². The molecule has 1 unspecified atom stereocenters. The fourth-order valence-corrected chi connectivity index (χ4v) is 2.55. The molecule has 0 aromatic heterocycles. The normalized spacial score (nSPS) is 18.2. The van der Waals surface area contributed by atoms with Crippen LogP contribution in [0, 0.1) is 0 Å². The van der Waals surface area contributed by atoms with Crippen molar-refractivity contribution in [2.45, 2.75) is 26.1 Å². The van der Waals surface area contributed by atoms with Crippen LogP contribution in [0.4, 0.5) is 0 Å². The molecule has 1 atom stereocenters. The molecule has 1 fully saturated rings. The Balaban J connectivity index is 1.98.